The topological polar surface area (TPSA) is 87.1 Å². The first-order valence-electron chi connectivity index (χ1n) is 11.7. The lowest BCUT2D eigenvalue weighted by molar-refractivity contribution is -0.143. The number of benzene rings is 3. The lowest BCUT2D eigenvalue weighted by Crippen LogP contribution is -2.14. The third-order valence-electron chi connectivity index (χ3n) is 5.40. The number of nitrogens with one attached hydrogen (secondary N) is 2. The number of hydrogen-bond donors (Lipinski definition) is 3. The molecule has 0 saturated carbocycles. The fraction of sp³-hybridized carbons (Fsp3) is 0.179. The van der Waals surface area contributed by atoms with Crippen LogP contribution in [0.4, 0.5) is 32.3 Å². The van der Waals surface area contributed by atoms with Crippen LogP contribution in [0.1, 0.15) is 32.7 Å². The molecular weight excluding hydrogens is 538 g/mol. The summed E-state index contributed by atoms with van der Waals surface area (Å²) in [4.78, 5) is 19.9. The van der Waals surface area contributed by atoms with Crippen molar-refractivity contribution >= 4 is 11.9 Å². The minimum absolute atomic E-state index is 0.0123. The lowest BCUT2D eigenvalue weighted by atomic mass is 10.0. The number of rotatable bonds is 7. The Labute approximate surface area is 225 Å². The molecule has 0 atom stereocenters. The molecule has 0 bridgehead atoms. The fourth-order valence-electron chi connectivity index (χ4n) is 3.56. The molecule has 12 heteroatoms. The van der Waals surface area contributed by atoms with Crippen LogP contribution in [-0.2, 0) is 25.4 Å². The smallest absolute Gasteiger partial charge is 0.416 e. The molecule has 0 radical (unpaired) electrons. The first-order valence-corrected chi connectivity index (χ1v) is 11.7. The molecule has 0 aliphatic carbocycles. The second kappa shape index (κ2) is 13.1. The van der Waals surface area contributed by atoms with E-state index >= 15 is 0 Å². The van der Waals surface area contributed by atoms with E-state index in [1.165, 1.54) is 7.05 Å². The van der Waals surface area contributed by atoms with Crippen LogP contribution in [0.15, 0.2) is 85.1 Å². The molecule has 0 spiro atoms. The fourth-order valence-corrected chi connectivity index (χ4v) is 3.56. The monoisotopic (exact) mass is 562 g/mol. The number of nitrogens with zero attached hydrogens (tertiary/aromatic N) is 2. The Bertz CT molecular complexity index is 1380. The average molecular weight is 563 g/mol. The van der Waals surface area contributed by atoms with Crippen LogP contribution in [0.2, 0.25) is 0 Å². The molecule has 4 rings (SSSR count). The zero-order chi connectivity index (χ0) is 29.3. The van der Waals surface area contributed by atoms with Crippen molar-refractivity contribution in [2.45, 2.75) is 25.4 Å². The summed E-state index contributed by atoms with van der Waals surface area (Å²) in [6.07, 6.45) is -8.04. The second-order valence-corrected chi connectivity index (χ2v) is 8.41. The molecule has 3 N–H and O–H groups in total. The van der Waals surface area contributed by atoms with Crippen LogP contribution in [-0.4, -0.2) is 28.1 Å². The number of halogens is 6. The summed E-state index contributed by atoms with van der Waals surface area (Å²) >= 11 is 0. The van der Waals surface area contributed by atoms with E-state index in [0.29, 0.717) is 30.2 Å². The Morgan fingerprint density at radius 3 is 1.85 bits per heavy atom. The molecule has 6 nitrogen and oxygen atoms in total. The van der Waals surface area contributed by atoms with Crippen molar-refractivity contribution in [3.8, 4) is 11.1 Å². The molecule has 0 unspecified atom stereocenters. The van der Waals surface area contributed by atoms with Gasteiger partial charge in [0.05, 0.1) is 11.1 Å². The standard InChI is InChI=1S/C18H15N3O2.C10H9F6N/c22-17(23)16-15(14-9-5-2-6-10-14)12-20-18(21-16)19-11-13-7-3-1-4-8-13;1-17-5-6-2-7(9(11,12)13)4-8(3-6)10(14,15)16/h1-10,12H,11H2,(H,22,23)(H,19,20,21);2-4,17H,5H2,1H3. The Balaban J connectivity index is 0.000000232. The van der Waals surface area contributed by atoms with Gasteiger partial charge in [0.25, 0.3) is 0 Å². The Morgan fingerprint density at radius 2 is 1.35 bits per heavy atom. The molecule has 210 valence electrons. The van der Waals surface area contributed by atoms with Crippen molar-refractivity contribution in [2.75, 3.05) is 12.4 Å². The average Bonchev–Trinajstić information content (AvgIpc) is 2.92. The molecule has 40 heavy (non-hydrogen) atoms. The van der Waals surface area contributed by atoms with E-state index in [2.05, 4.69) is 20.6 Å². The molecule has 1 aromatic heterocycles. The summed E-state index contributed by atoms with van der Waals surface area (Å²) in [6, 6.07) is 20.5. The first-order chi connectivity index (χ1) is 18.9. The summed E-state index contributed by atoms with van der Waals surface area (Å²) in [5, 5.41) is 15.0. The van der Waals surface area contributed by atoms with Gasteiger partial charge in [0.1, 0.15) is 0 Å². The van der Waals surface area contributed by atoms with E-state index in [-0.39, 0.29) is 23.9 Å². The maximum Gasteiger partial charge on any atom is 0.416 e. The molecule has 0 saturated heterocycles. The predicted octanol–water partition coefficient (Wildman–Crippen LogP) is 6.90. The van der Waals surface area contributed by atoms with Gasteiger partial charge in [-0.3, -0.25) is 0 Å². The van der Waals surface area contributed by atoms with Gasteiger partial charge < -0.3 is 15.7 Å². The first kappa shape index (κ1) is 30.1. The minimum atomic E-state index is -4.79. The van der Waals surface area contributed by atoms with E-state index in [4.69, 9.17) is 0 Å². The zero-order valence-electron chi connectivity index (χ0n) is 21.0. The van der Waals surface area contributed by atoms with Crippen molar-refractivity contribution in [2.24, 2.45) is 0 Å². The normalized spacial score (nSPS) is 11.4. The SMILES string of the molecule is CNCc1cc(C(F)(F)F)cc(C(F)(F)F)c1.O=C(O)c1nc(NCc2ccccc2)ncc1-c1ccccc1. The maximum absolute atomic E-state index is 12.4. The number of carbonyl (C=O) groups is 1. The molecule has 1 heterocycles. The van der Waals surface area contributed by atoms with Gasteiger partial charge >= 0.3 is 18.3 Å². The van der Waals surface area contributed by atoms with Crippen LogP contribution in [0.25, 0.3) is 11.1 Å². The highest BCUT2D eigenvalue weighted by molar-refractivity contribution is 5.94. The van der Waals surface area contributed by atoms with Crippen LogP contribution in [0, 0.1) is 0 Å². The highest BCUT2D eigenvalue weighted by Crippen LogP contribution is 2.36. The summed E-state index contributed by atoms with van der Waals surface area (Å²) in [6.45, 7) is 0.470. The van der Waals surface area contributed by atoms with Crippen LogP contribution in [0.3, 0.4) is 0 Å². The molecule has 0 fully saturated rings. The van der Waals surface area contributed by atoms with Crippen molar-refractivity contribution in [3.63, 3.8) is 0 Å². The van der Waals surface area contributed by atoms with Gasteiger partial charge in [-0.25, -0.2) is 14.8 Å². The zero-order valence-corrected chi connectivity index (χ0v) is 21.0. The molecule has 4 aromatic rings. The highest BCUT2D eigenvalue weighted by Gasteiger charge is 2.36. The Kier molecular flexibility index (Phi) is 9.83. The van der Waals surface area contributed by atoms with E-state index < -0.39 is 29.4 Å². The van der Waals surface area contributed by atoms with Gasteiger partial charge in [-0.15, -0.1) is 0 Å². The largest absolute Gasteiger partial charge is 0.476 e. The summed E-state index contributed by atoms with van der Waals surface area (Å²) < 4.78 is 74.3. The lowest BCUT2D eigenvalue weighted by Gasteiger charge is -2.13. The van der Waals surface area contributed by atoms with Gasteiger partial charge in [-0.1, -0.05) is 60.7 Å². The molecule has 0 aliphatic heterocycles. The Hall–Kier alpha value is -4.45. The molecule has 0 aliphatic rings. The molecular formula is C28H24F6N4O2. The van der Waals surface area contributed by atoms with Crippen molar-refractivity contribution in [1.82, 2.24) is 15.3 Å². The second-order valence-electron chi connectivity index (χ2n) is 8.41. The Morgan fingerprint density at radius 1 is 0.800 bits per heavy atom. The third-order valence-corrected chi connectivity index (χ3v) is 5.40. The summed E-state index contributed by atoms with van der Waals surface area (Å²) in [5.74, 6) is -0.778. The van der Waals surface area contributed by atoms with Crippen LogP contribution >= 0.6 is 0 Å². The van der Waals surface area contributed by atoms with Gasteiger partial charge in [0.2, 0.25) is 5.95 Å². The number of anilines is 1. The third kappa shape index (κ3) is 8.53. The van der Waals surface area contributed by atoms with E-state index in [1.807, 2.05) is 60.7 Å². The quantitative estimate of drug-likeness (QED) is 0.213. The minimum Gasteiger partial charge on any atom is -0.476 e. The van der Waals surface area contributed by atoms with Crippen molar-refractivity contribution in [3.05, 3.63) is 113 Å². The number of hydrogen-bond acceptors (Lipinski definition) is 5. The molecule has 0 amide bonds. The van der Waals surface area contributed by atoms with Crippen LogP contribution < -0.4 is 10.6 Å². The van der Waals surface area contributed by atoms with Gasteiger partial charge in [0.15, 0.2) is 5.69 Å². The maximum atomic E-state index is 12.4. The molecule has 3 aromatic carbocycles. The number of carboxylic acid groups (broad SMARTS) is 1. The summed E-state index contributed by atoms with van der Waals surface area (Å²) in [7, 11) is 1.44. The van der Waals surface area contributed by atoms with Crippen LogP contribution in [0.5, 0.6) is 0 Å². The van der Waals surface area contributed by atoms with Crippen molar-refractivity contribution in [1.29, 1.82) is 0 Å². The highest BCUT2D eigenvalue weighted by atomic mass is 19.4. The van der Waals surface area contributed by atoms with E-state index in [0.717, 1.165) is 11.1 Å². The number of aromatic nitrogens is 2. The summed E-state index contributed by atoms with van der Waals surface area (Å²) in [5.41, 5.74) is -0.311. The number of alkyl halides is 6. The number of aromatic carboxylic acids is 1. The van der Waals surface area contributed by atoms with E-state index in [9.17, 15) is 36.2 Å². The van der Waals surface area contributed by atoms with Gasteiger partial charge in [0, 0.05) is 24.8 Å². The van der Waals surface area contributed by atoms with Gasteiger partial charge in [-0.2, -0.15) is 26.3 Å². The number of carboxylic acids is 1. The van der Waals surface area contributed by atoms with E-state index in [1.54, 1.807) is 6.20 Å². The van der Waals surface area contributed by atoms with Gasteiger partial charge in [-0.05, 0) is 41.9 Å². The predicted molar refractivity (Wildman–Crippen MR) is 137 cm³/mol. The van der Waals surface area contributed by atoms with Crippen molar-refractivity contribution < 1.29 is 36.2 Å².